The minimum absolute atomic E-state index is 0.391. The fraction of sp³-hybridized carbons (Fsp3) is 0.750. The van der Waals surface area contributed by atoms with Crippen molar-refractivity contribution in [2.24, 2.45) is 0 Å². The van der Waals surface area contributed by atoms with Gasteiger partial charge in [0.2, 0.25) is 11.9 Å². The van der Waals surface area contributed by atoms with E-state index in [1.165, 1.54) is 0 Å². The van der Waals surface area contributed by atoms with Crippen LogP contribution in [0.2, 0.25) is 0 Å². The molecule has 1 N–H and O–H groups in total. The molecule has 0 amide bonds. The average molecular weight is 266 g/mol. The van der Waals surface area contributed by atoms with Gasteiger partial charge in [-0.1, -0.05) is 0 Å². The Morgan fingerprint density at radius 3 is 2.47 bits per heavy atom. The third-order valence-electron chi connectivity index (χ3n) is 3.00. The van der Waals surface area contributed by atoms with Crippen molar-refractivity contribution in [3.8, 4) is 6.01 Å². The molecule has 2 rings (SSSR count). The maximum absolute atomic E-state index is 5.41. The van der Waals surface area contributed by atoms with Gasteiger partial charge >= 0.3 is 6.01 Å². The highest BCUT2D eigenvalue weighted by Gasteiger charge is 2.18. The van der Waals surface area contributed by atoms with Crippen molar-refractivity contribution in [2.75, 3.05) is 56.6 Å². The van der Waals surface area contributed by atoms with Gasteiger partial charge in [-0.05, 0) is 20.9 Å². The highest BCUT2D eigenvalue weighted by Crippen LogP contribution is 2.16. The van der Waals surface area contributed by atoms with Crippen LogP contribution in [0.15, 0.2) is 0 Å². The van der Waals surface area contributed by atoms with Gasteiger partial charge < -0.3 is 19.9 Å². The van der Waals surface area contributed by atoms with Crippen molar-refractivity contribution >= 4 is 11.9 Å². The number of rotatable bonds is 5. The molecule has 0 spiro atoms. The van der Waals surface area contributed by atoms with E-state index in [9.17, 15) is 0 Å². The molecule has 1 saturated heterocycles. The van der Waals surface area contributed by atoms with Crippen molar-refractivity contribution in [2.45, 2.75) is 13.8 Å². The summed E-state index contributed by atoms with van der Waals surface area (Å²) in [5.74, 6) is 1.28. The van der Waals surface area contributed by atoms with Crippen LogP contribution in [-0.4, -0.2) is 66.2 Å². The molecule has 106 valence electrons. The molecule has 1 fully saturated rings. The quantitative estimate of drug-likeness (QED) is 0.830. The van der Waals surface area contributed by atoms with Crippen molar-refractivity contribution in [3.63, 3.8) is 0 Å². The standard InChI is InChI=1S/C12H22N6O/c1-4-13-10-14-11(16-12(15-10)19-5-2)18-8-6-17(3)7-9-18/h4-9H2,1-3H3,(H,13,14,15,16). The van der Waals surface area contributed by atoms with E-state index in [1.54, 1.807) is 0 Å². The van der Waals surface area contributed by atoms with Crippen LogP contribution in [0.3, 0.4) is 0 Å². The Balaban J connectivity index is 2.17. The van der Waals surface area contributed by atoms with Crippen molar-refractivity contribution in [3.05, 3.63) is 0 Å². The van der Waals surface area contributed by atoms with Crippen LogP contribution < -0.4 is 15.0 Å². The molecule has 1 aliphatic rings. The minimum Gasteiger partial charge on any atom is -0.464 e. The fourth-order valence-corrected chi connectivity index (χ4v) is 1.92. The molecule has 2 heterocycles. The van der Waals surface area contributed by atoms with Gasteiger partial charge in [0, 0.05) is 32.7 Å². The van der Waals surface area contributed by atoms with Crippen LogP contribution in [0.5, 0.6) is 6.01 Å². The monoisotopic (exact) mass is 266 g/mol. The van der Waals surface area contributed by atoms with E-state index in [-0.39, 0.29) is 0 Å². The second-order valence-electron chi connectivity index (χ2n) is 4.50. The molecule has 0 atom stereocenters. The van der Waals surface area contributed by atoms with Crippen LogP contribution >= 0.6 is 0 Å². The number of nitrogens with zero attached hydrogens (tertiary/aromatic N) is 5. The largest absolute Gasteiger partial charge is 0.464 e. The smallest absolute Gasteiger partial charge is 0.323 e. The van der Waals surface area contributed by atoms with E-state index in [0.29, 0.717) is 24.5 Å². The van der Waals surface area contributed by atoms with E-state index in [2.05, 4.69) is 37.1 Å². The van der Waals surface area contributed by atoms with Gasteiger partial charge in [-0.2, -0.15) is 15.0 Å². The lowest BCUT2D eigenvalue weighted by molar-refractivity contribution is 0.303. The number of piperazine rings is 1. The molecule has 1 aliphatic heterocycles. The maximum atomic E-state index is 5.41. The molecule has 0 bridgehead atoms. The lowest BCUT2D eigenvalue weighted by Crippen LogP contribution is -2.45. The molecular formula is C12H22N6O. The molecule has 0 saturated carbocycles. The first-order valence-electron chi connectivity index (χ1n) is 6.79. The Hall–Kier alpha value is -1.63. The van der Waals surface area contributed by atoms with Gasteiger partial charge in [0.05, 0.1) is 6.61 Å². The van der Waals surface area contributed by atoms with Gasteiger partial charge in [-0.15, -0.1) is 0 Å². The van der Waals surface area contributed by atoms with Gasteiger partial charge in [-0.3, -0.25) is 0 Å². The summed E-state index contributed by atoms with van der Waals surface area (Å²) in [6.45, 7) is 9.16. The second kappa shape index (κ2) is 6.51. The molecule has 0 radical (unpaired) electrons. The molecule has 0 aromatic carbocycles. The van der Waals surface area contributed by atoms with Crippen molar-refractivity contribution < 1.29 is 4.74 Å². The SMILES string of the molecule is CCNc1nc(OCC)nc(N2CCN(C)CC2)n1. The average Bonchev–Trinajstić information content (AvgIpc) is 2.40. The summed E-state index contributed by atoms with van der Waals surface area (Å²) in [6, 6.07) is 0.391. The molecular weight excluding hydrogens is 244 g/mol. The van der Waals surface area contributed by atoms with Gasteiger partial charge in [0.1, 0.15) is 0 Å². The molecule has 1 aromatic heterocycles. The zero-order chi connectivity index (χ0) is 13.7. The van der Waals surface area contributed by atoms with E-state index < -0.39 is 0 Å². The Labute approximate surface area is 114 Å². The first-order chi connectivity index (χ1) is 9.22. The summed E-state index contributed by atoms with van der Waals surface area (Å²) in [5, 5.41) is 3.12. The third-order valence-corrected chi connectivity index (χ3v) is 3.00. The van der Waals surface area contributed by atoms with Gasteiger partial charge in [-0.25, -0.2) is 0 Å². The highest BCUT2D eigenvalue weighted by atomic mass is 16.5. The van der Waals surface area contributed by atoms with Crippen LogP contribution in [0.1, 0.15) is 13.8 Å². The summed E-state index contributed by atoms with van der Waals surface area (Å²) in [7, 11) is 2.13. The molecule has 0 unspecified atom stereocenters. The van der Waals surface area contributed by atoms with E-state index in [0.717, 1.165) is 32.7 Å². The first kappa shape index (κ1) is 13.8. The number of hydrogen-bond acceptors (Lipinski definition) is 7. The Kier molecular flexibility index (Phi) is 4.73. The number of likely N-dealkylation sites (N-methyl/N-ethyl adjacent to an activating group) is 1. The highest BCUT2D eigenvalue weighted by molar-refractivity contribution is 5.38. The third kappa shape index (κ3) is 3.66. The van der Waals surface area contributed by atoms with Gasteiger partial charge in [0.25, 0.3) is 0 Å². The van der Waals surface area contributed by atoms with Crippen LogP contribution in [0, 0.1) is 0 Å². The minimum atomic E-state index is 0.391. The number of nitrogens with one attached hydrogen (secondary N) is 1. The van der Waals surface area contributed by atoms with Crippen molar-refractivity contribution in [1.29, 1.82) is 0 Å². The summed E-state index contributed by atoms with van der Waals surface area (Å²) < 4.78 is 5.41. The summed E-state index contributed by atoms with van der Waals surface area (Å²) in [5.41, 5.74) is 0. The molecule has 7 nitrogen and oxygen atoms in total. The predicted molar refractivity (Wildman–Crippen MR) is 74.9 cm³/mol. The van der Waals surface area contributed by atoms with E-state index in [1.807, 2.05) is 13.8 Å². The number of hydrogen-bond donors (Lipinski definition) is 1. The Morgan fingerprint density at radius 2 is 1.84 bits per heavy atom. The lowest BCUT2D eigenvalue weighted by atomic mass is 10.3. The van der Waals surface area contributed by atoms with Gasteiger partial charge in [0.15, 0.2) is 0 Å². The lowest BCUT2D eigenvalue weighted by Gasteiger charge is -2.32. The summed E-state index contributed by atoms with van der Waals surface area (Å²) in [4.78, 5) is 17.5. The molecule has 1 aromatic rings. The topological polar surface area (TPSA) is 66.4 Å². The maximum Gasteiger partial charge on any atom is 0.323 e. The van der Waals surface area contributed by atoms with Crippen molar-refractivity contribution in [1.82, 2.24) is 19.9 Å². The summed E-state index contributed by atoms with van der Waals surface area (Å²) >= 11 is 0. The zero-order valence-electron chi connectivity index (χ0n) is 11.9. The number of anilines is 2. The van der Waals surface area contributed by atoms with Crippen LogP contribution in [0.4, 0.5) is 11.9 Å². The fourth-order valence-electron chi connectivity index (χ4n) is 1.92. The number of aromatic nitrogens is 3. The predicted octanol–water partition coefficient (Wildman–Crippen LogP) is 0.454. The normalized spacial score (nSPS) is 16.5. The summed E-state index contributed by atoms with van der Waals surface area (Å²) in [6.07, 6.45) is 0. The van der Waals surface area contributed by atoms with Crippen LogP contribution in [-0.2, 0) is 0 Å². The van der Waals surface area contributed by atoms with E-state index in [4.69, 9.17) is 4.74 Å². The number of ether oxygens (including phenoxy) is 1. The van der Waals surface area contributed by atoms with E-state index >= 15 is 0 Å². The Morgan fingerprint density at radius 1 is 1.11 bits per heavy atom. The molecule has 19 heavy (non-hydrogen) atoms. The Bertz CT molecular complexity index is 381. The first-order valence-corrected chi connectivity index (χ1v) is 6.79. The second-order valence-corrected chi connectivity index (χ2v) is 4.50. The van der Waals surface area contributed by atoms with Crippen LogP contribution in [0.25, 0.3) is 0 Å². The zero-order valence-corrected chi connectivity index (χ0v) is 11.9. The molecule has 0 aliphatic carbocycles. The molecule has 7 heteroatoms.